The highest BCUT2D eigenvalue weighted by Gasteiger charge is 2.29. The maximum Gasteiger partial charge on any atom is 0.216 e. The molecule has 5 aromatic rings. The summed E-state index contributed by atoms with van der Waals surface area (Å²) in [5.41, 5.74) is 6.36. The van der Waals surface area contributed by atoms with Crippen LogP contribution < -0.4 is 0 Å². The fourth-order valence-electron chi connectivity index (χ4n) is 5.79. The lowest BCUT2D eigenvalue weighted by atomic mass is 9.85. The lowest BCUT2D eigenvalue weighted by Gasteiger charge is -2.19. The predicted octanol–water partition coefficient (Wildman–Crippen LogP) is 8.44. The Balaban J connectivity index is 1.35. The number of benzene rings is 5. The zero-order valence-corrected chi connectivity index (χ0v) is 23.4. The van der Waals surface area contributed by atoms with E-state index in [-0.39, 0.29) is 11.2 Å². The summed E-state index contributed by atoms with van der Waals surface area (Å²) in [5.74, 6) is 1.45. The number of fused-ring (bicyclic) bond motifs is 2. The summed E-state index contributed by atoms with van der Waals surface area (Å²) >= 11 is 0. The molecule has 4 nitrogen and oxygen atoms in total. The quantitative estimate of drug-likeness (QED) is 0.221. The third kappa shape index (κ3) is 4.24. The number of hydrogen-bond donors (Lipinski definition) is 0. The second kappa shape index (κ2) is 9.06. The zero-order valence-electron chi connectivity index (χ0n) is 23.4. The van der Waals surface area contributed by atoms with Gasteiger partial charge in [-0.1, -0.05) is 72.8 Å². The minimum absolute atomic E-state index is 0.247. The Kier molecular flexibility index (Phi) is 5.57. The van der Waals surface area contributed by atoms with Crippen LogP contribution in [0.4, 0.5) is 0 Å². The Morgan fingerprint density at radius 1 is 0.450 bits per heavy atom. The van der Waals surface area contributed by atoms with Gasteiger partial charge in [0.25, 0.3) is 0 Å². The van der Waals surface area contributed by atoms with Crippen LogP contribution in [-0.2, 0) is 9.47 Å². The van der Waals surface area contributed by atoms with E-state index in [4.69, 9.17) is 9.47 Å². The first-order chi connectivity index (χ1) is 19.3. The van der Waals surface area contributed by atoms with Crippen LogP contribution in [-0.4, -0.2) is 36.1 Å². The van der Waals surface area contributed by atoms with Crippen molar-refractivity contribution in [1.29, 1.82) is 0 Å². The van der Waals surface area contributed by atoms with E-state index in [1.165, 1.54) is 43.8 Å². The molecular formula is C36H32N2O2. The van der Waals surface area contributed by atoms with Crippen molar-refractivity contribution in [1.82, 2.24) is 0 Å². The van der Waals surface area contributed by atoms with E-state index in [9.17, 15) is 0 Å². The molecule has 0 unspecified atom stereocenters. The average molecular weight is 525 g/mol. The molecule has 0 atom stereocenters. The summed E-state index contributed by atoms with van der Waals surface area (Å²) < 4.78 is 12.1. The molecule has 0 aromatic heterocycles. The second-order valence-electron chi connectivity index (χ2n) is 12.0. The summed E-state index contributed by atoms with van der Waals surface area (Å²) in [6.07, 6.45) is 0. The maximum absolute atomic E-state index is 6.07. The summed E-state index contributed by atoms with van der Waals surface area (Å²) in [5, 5.41) is 4.92. The molecule has 5 aromatic carbocycles. The second-order valence-corrected chi connectivity index (χ2v) is 12.0. The molecule has 0 saturated heterocycles. The van der Waals surface area contributed by atoms with E-state index >= 15 is 0 Å². The lowest BCUT2D eigenvalue weighted by Crippen LogP contribution is -2.24. The molecule has 0 bridgehead atoms. The van der Waals surface area contributed by atoms with E-state index < -0.39 is 0 Å². The molecule has 2 aliphatic rings. The number of ether oxygens (including phenoxy) is 2. The molecule has 0 fully saturated rings. The Labute approximate surface area is 235 Å². The van der Waals surface area contributed by atoms with E-state index in [1.807, 2.05) is 0 Å². The third-order valence-corrected chi connectivity index (χ3v) is 7.73. The van der Waals surface area contributed by atoms with E-state index in [2.05, 4.69) is 135 Å². The molecule has 40 heavy (non-hydrogen) atoms. The van der Waals surface area contributed by atoms with Crippen LogP contribution in [0.3, 0.4) is 0 Å². The van der Waals surface area contributed by atoms with Crippen LogP contribution in [0.1, 0.15) is 38.8 Å². The van der Waals surface area contributed by atoms with Crippen LogP contribution in [0.2, 0.25) is 0 Å². The number of hydrogen-bond acceptors (Lipinski definition) is 4. The first-order valence-electron chi connectivity index (χ1n) is 13.9. The van der Waals surface area contributed by atoms with Crippen molar-refractivity contribution < 1.29 is 9.47 Å². The third-order valence-electron chi connectivity index (χ3n) is 7.73. The fraction of sp³-hybridized carbons (Fsp3) is 0.222. The minimum Gasteiger partial charge on any atom is -0.469 e. The smallest absolute Gasteiger partial charge is 0.216 e. The Hall–Kier alpha value is -4.44. The average Bonchev–Trinajstić information content (AvgIpc) is 3.52. The van der Waals surface area contributed by atoms with E-state index in [0.717, 1.165) is 22.9 Å². The van der Waals surface area contributed by atoms with Crippen LogP contribution in [0.5, 0.6) is 0 Å². The Morgan fingerprint density at radius 3 is 1.02 bits per heavy atom. The van der Waals surface area contributed by atoms with Gasteiger partial charge in [0.1, 0.15) is 11.2 Å². The van der Waals surface area contributed by atoms with Gasteiger partial charge in [-0.15, -0.1) is 0 Å². The number of rotatable bonds is 4. The van der Waals surface area contributed by atoms with Crippen molar-refractivity contribution in [2.75, 3.05) is 13.1 Å². The minimum atomic E-state index is -0.247. The highest BCUT2D eigenvalue weighted by atomic mass is 16.5. The first-order valence-corrected chi connectivity index (χ1v) is 13.9. The summed E-state index contributed by atoms with van der Waals surface area (Å²) in [4.78, 5) is 9.25. The topological polar surface area (TPSA) is 43.2 Å². The Bertz CT molecular complexity index is 1640. The lowest BCUT2D eigenvalue weighted by molar-refractivity contribution is 0.131. The molecular weight excluding hydrogens is 492 g/mol. The molecule has 198 valence electrons. The van der Waals surface area contributed by atoms with Crippen molar-refractivity contribution >= 4 is 33.3 Å². The Morgan fingerprint density at radius 2 is 0.750 bits per heavy atom. The molecule has 4 heteroatoms. The normalized spacial score (nSPS) is 17.4. The van der Waals surface area contributed by atoms with Gasteiger partial charge in [-0.25, -0.2) is 9.98 Å². The van der Waals surface area contributed by atoms with Crippen molar-refractivity contribution in [2.24, 2.45) is 9.98 Å². The highest BCUT2D eigenvalue weighted by Crippen LogP contribution is 2.43. The van der Waals surface area contributed by atoms with Gasteiger partial charge in [-0.2, -0.15) is 0 Å². The molecule has 0 spiro atoms. The van der Waals surface area contributed by atoms with Gasteiger partial charge >= 0.3 is 0 Å². The van der Waals surface area contributed by atoms with E-state index in [1.54, 1.807) is 0 Å². The molecule has 0 aliphatic carbocycles. The zero-order chi connectivity index (χ0) is 27.5. The molecule has 2 heterocycles. The highest BCUT2D eigenvalue weighted by molar-refractivity contribution is 6.21. The van der Waals surface area contributed by atoms with Gasteiger partial charge in [-0.05, 0) is 95.8 Å². The standard InChI is InChI=1S/C36H32N2O2/c1-35(2)21-37-33(39-35)25-17-13-23(14-18-25)31-27-9-5-7-11-29(27)32(30-12-8-6-10-28(30)31)24-15-19-26(20-16-24)34-38-22-36(3,4)40-34/h5-20H,21-22H2,1-4H3. The van der Waals surface area contributed by atoms with E-state index in [0.29, 0.717) is 13.1 Å². The molecule has 2 aliphatic heterocycles. The predicted molar refractivity (Wildman–Crippen MR) is 165 cm³/mol. The molecule has 0 amide bonds. The van der Waals surface area contributed by atoms with Crippen molar-refractivity contribution in [3.63, 3.8) is 0 Å². The van der Waals surface area contributed by atoms with Crippen molar-refractivity contribution in [3.05, 3.63) is 108 Å². The van der Waals surface area contributed by atoms with Crippen molar-refractivity contribution in [2.45, 2.75) is 38.9 Å². The summed E-state index contributed by atoms with van der Waals surface area (Å²) in [6, 6.07) is 34.7. The summed E-state index contributed by atoms with van der Waals surface area (Å²) in [7, 11) is 0. The van der Waals surface area contributed by atoms with Crippen molar-refractivity contribution in [3.8, 4) is 22.3 Å². The van der Waals surface area contributed by atoms with Crippen LogP contribution in [0, 0.1) is 0 Å². The van der Waals surface area contributed by atoms with Gasteiger partial charge in [-0.3, -0.25) is 0 Å². The van der Waals surface area contributed by atoms with Crippen LogP contribution in [0.25, 0.3) is 43.8 Å². The largest absolute Gasteiger partial charge is 0.469 e. The number of aliphatic imine (C=N–C) groups is 2. The molecule has 0 N–H and O–H groups in total. The SMILES string of the molecule is CC1(C)CN=C(c2ccc(-c3c4ccccc4c(-c4ccc(C5=NCC(C)(C)O5)cc4)c4ccccc34)cc2)O1. The van der Waals surface area contributed by atoms with Gasteiger partial charge in [0.15, 0.2) is 0 Å². The van der Waals surface area contributed by atoms with Crippen LogP contribution >= 0.6 is 0 Å². The monoisotopic (exact) mass is 524 g/mol. The van der Waals surface area contributed by atoms with Gasteiger partial charge in [0.05, 0.1) is 13.1 Å². The van der Waals surface area contributed by atoms with Gasteiger partial charge in [0.2, 0.25) is 11.8 Å². The van der Waals surface area contributed by atoms with Gasteiger partial charge < -0.3 is 9.47 Å². The van der Waals surface area contributed by atoms with Gasteiger partial charge in [0, 0.05) is 11.1 Å². The fourth-order valence-corrected chi connectivity index (χ4v) is 5.79. The van der Waals surface area contributed by atoms with Crippen LogP contribution in [0.15, 0.2) is 107 Å². The number of nitrogens with zero attached hydrogens (tertiary/aromatic N) is 2. The molecule has 7 rings (SSSR count). The maximum atomic E-state index is 6.07. The molecule has 0 saturated carbocycles. The summed E-state index contributed by atoms with van der Waals surface area (Å²) in [6.45, 7) is 9.65. The first kappa shape index (κ1) is 24.6. The molecule has 0 radical (unpaired) electrons.